The molecule has 1 aromatic carbocycles. The average Bonchev–Trinajstić information content (AvgIpc) is 3.04. The van der Waals surface area contributed by atoms with Crippen LogP contribution in [0.4, 0.5) is 8.78 Å². The summed E-state index contributed by atoms with van der Waals surface area (Å²) in [6, 6.07) is 3.45. The zero-order chi connectivity index (χ0) is 16.3. The third-order valence-electron chi connectivity index (χ3n) is 4.53. The minimum Gasteiger partial charge on any atom is -0.379 e. The van der Waals surface area contributed by atoms with Crippen LogP contribution in [0.5, 0.6) is 0 Å². The number of nitrogens with one attached hydrogen (secondary N) is 1. The van der Waals surface area contributed by atoms with Gasteiger partial charge in [0.2, 0.25) is 0 Å². The van der Waals surface area contributed by atoms with Crippen molar-refractivity contribution in [2.45, 2.75) is 12.0 Å². The second-order valence-corrected chi connectivity index (χ2v) is 7.01. The van der Waals surface area contributed by atoms with Gasteiger partial charge in [-0.05, 0) is 24.3 Å². The molecule has 4 nitrogen and oxygen atoms in total. The minimum atomic E-state index is -0.830. The van der Waals surface area contributed by atoms with Crippen molar-refractivity contribution < 1.29 is 18.3 Å². The molecule has 23 heavy (non-hydrogen) atoms. The fourth-order valence-electron chi connectivity index (χ4n) is 3.18. The predicted molar refractivity (Wildman–Crippen MR) is 85.8 cm³/mol. The zero-order valence-corrected chi connectivity index (χ0v) is 13.6. The monoisotopic (exact) mass is 342 g/mol. The number of benzene rings is 1. The zero-order valence-electron chi connectivity index (χ0n) is 12.8. The van der Waals surface area contributed by atoms with Crippen molar-refractivity contribution in [3.63, 3.8) is 0 Å². The molecule has 2 heterocycles. The summed E-state index contributed by atoms with van der Waals surface area (Å²) in [6.45, 7) is 3.41. The van der Waals surface area contributed by atoms with Gasteiger partial charge in [0, 0.05) is 30.9 Å². The molecule has 0 spiro atoms. The predicted octanol–water partition coefficient (Wildman–Crippen LogP) is 1.90. The van der Waals surface area contributed by atoms with Crippen molar-refractivity contribution in [1.82, 2.24) is 10.2 Å². The highest BCUT2D eigenvalue weighted by Gasteiger charge is 2.41. The first kappa shape index (κ1) is 16.7. The first-order chi connectivity index (χ1) is 11.1. The van der Waals surface area contributed by atoms with Crippen molar-refractivity contribution in [1.29, 1.82) is 0 Å². The van der Waals surface area contributed by atoms with Crippen LogP contribution in [0.1, 0.15) is 16.8 Å². The number of amides is 1. The lowest BCUT2D eigenvalue weighted by molar-refractivity contribution is -0.0129. The molecule has 0 aliphatic carbocycles. The van der Waals surface area contributed by atoms with Crippen molar-refractivity contribution in [3.8, 4) is 0 Å². The Kier molecular flexibility index (Phi) is 5.18. The summed E-state index contributed by atoms with van der Waals surface area (Å²) in [5, 5.41) is 2.75. The number of carbonyl (C=O) groups excluding carboxylic acids is 1. The van der Waals surface area contributed by atoms with Gasteiger partial charge in [0.1, 0.15) is 17.2 Å². The van der Waals surface area contributed by atoms with Crippen LogP contribution in [0, 0.1) is 11.6 Å². The molecular weight excluding hydrogens is 322 g/mol. The van der Waals surface area contributed by atoms with E-state index in [9.17, 15) is 13.6 Å². The molecule has 2 aliphatic heterocycles. The minimum absolute atomic E-state index is 0.147. The molecule has 0 bridgehead atoms. The molecule has 126 valence electrons. The summed E-state index contributed by atoms with van der Waals surface area (Å²) in [5.41, 5.74) is -0.651. The van der Waals surface area contributed by atoms with E-state index >= 15 is 0 Å². The maximum absolute atomic E-state index is 13.7. The molecule has 0 radical (unpaired) electrons. The van der Waals surface area contributed by atoms with Crippen molar-refractivity contribution in [2.24, 2.45) is 0 Å². The van der Waals surface area contributed by atoms with Crippen molar-refractivity contribution >= 4 is 17.7 Å². The average molecular weight is 342 g/mol. The second-order valence-electron chi connectivity index (χ2n) is 5.91. The lowest BCUT2D eigenvalue weighted by Crippen LogP contribution is -2.59. The highest BCUT2D eigenvalue weighted by atomic mass is 32.2. The molecule has 1 amide bonds. The third-order valence-corrected chi connectivity index (χ3v) is 5.77. The quantitative estimate of drug-likeness (QED) is 0.908. The summed E-state index contributed by atoms with van der Waals surface area (Å²) in [4.78, 5) is 14.6. The van der Waals surface area contributed by atoms with Crippen LogP contribution in [-0.4, -0.2) is 60.7 Å². The Labute approximate surface area is 138 Å². The van der Waals surface area contributed by atoms with E-state index in [2.05, 4.69) is 10.2 Å². The topological polar surface area (TPSA) is 41.6 Å². The fourth-order valence-corrected chi connectivity index (χ4v) is 4.66. The van der Waals surface area contributed by atoms with E-state index in [0.29, 0.717) is 19.8 Å². The Hall–Kier alpha value is -1.18. The number of morpholine rings is 1. The molecule has 0 aromatic heterocycles. The first-order valence-corrected chi connectivity index (χ1v) is 8.91. The number of hydrogen-bond acceptors (Lipinski definition) is 4. The number of nitrogens with zero attached hydrogens (tertiary/aromatic N) is 1. The molecule has 7 heteroatoms. The Balaban J connectivity index is 1.70. The van der Waals surface area contributed by atoms with Crippen LogP contribution in [0.3, 0.4) is 0 Å². The lowest BCUT2D eigenvalue weighted by Gasteiger charge is -2.43. The Morgan fingerprint density at radius 1 is 1.30 bits per heavy atom. The maximum Gasteiger partial charge on any atom is 0.257 e. The first-order valence-electron chi connectivity index (χ1n) is 7.75. The number of rotatable bonds is 4. The smallest absolute Gasteiger partial charge is 0.257 e. The second kappa shape index (κ2) is 7.15. The lowest BCUT2D eigenvalue weighted by atomic mass is 9.95. The van der Waals surface area contributed by atoms with E-state index in [0.717, 1.165) is 43.1 Å². The summed E-state index contributed by atoms with van der Waals surface area (Å²) in [6.07, 6.45) is 0.956. The molecule has 2 aliphatic rings. The molecule has 3 rings (SSSR count). The molecule has 2 saturated heterocycles. The standard InChI is InChI=1S/C16H20F2N2O2S/c17-12-2-1-3-13(18)14(12)15(21)19-10-16(4-9-23-11-16)20-5-7-22-8-6-20/h1-3H,4-11H2,(H,19,21)/t16-/m0/s1. The van der Waals surface area contributed by atoms with Crippen LogP contribution >= 0.6 is 11.8 Å². The van der Waals surface area contributed by atoms with E-state index in [4.69, 9.17) is 4.74 Å². The van der Waals surface area contributed by atoms with Gasteiger partial charge in [0.15, 0.2) is 0 Å². The molecule has 1 atom stereocenters. The molecule has 2 fully saturated rings. The molecule has 0 saturated carbocycles. The maximum atomic E-state index is 13.7. The SMILES string of the molecule is O=C(NC[C@@]1(N2CCOCC2)CCSC1)c1c(F)cccc1F. The fraction of sp³-hybridized carbons (Fsp3) is 0.562. The molecular formula is C16H20F2N2O2S. The molecule has 0 unspecified atom stereocenters. The van der Waals surface area contributed by atoms with Crippen LogP contribution in [0.25, 0.3) is 0 Å². The van der Waals surface area contributed by atoms with Crippen LogP contribution in [0.2, 0.25) is 0 Å². The van der Waals surface area contributed by atoms with E-state index in [1.165, 1.54) is 6.07 Å². The van der Waals surface area contributed by atoms with Crippen LogP contribution < -0.4 is 5.32 Å². The Morgan fingerprint density at radius 2 is 2.00 bits per heavy atom. The van der Waals surface area contributed by atoms with Crippen molar-refractivity contribution in [2.75, 3.05) is 44.4 Å². The normalized spacial score (nSPS) is 25.5. The highest BCUT2D eigenvalue weighted by molar-refractivity contribution is 7.99. The van der Waals surface area contributed by atoms with Gasteiger partial charge in [-0.25, -0.2) is 8.78 Å². The summed E-state index contributed by atoms with van der Waals surface area (Å²) >= 11 is 1.85. The Bertz CT molecular complexity index is 553. The molecule has 1 N–H and O–H groups in total. The van der Waals surface area contributed by atoms with E-state index < -0.39 is 23.1 Å². The van der Waals surface area contributed by atoms with E-state index in [1.54, 1.807) is 0 Å². The number of ether oxygens (including phenoxy) is 1. The van der Waals surface area contributed by atoms with Gasteiger partial charge in [-0.3, -0.25) is 9.69 Å². The van der Waals surface area contributed by atoms with Gasteiger partial charge in [-0.15, -0.1) is 0 Å². The number of thioether (sulfide) groups is 1. The summed E-state index contributed by atoms with van der Waals surface area (Å²) in [5.74, 6) is -0.411. The van der Waals surface area contributed by atoms with Gasteiger partial charge < -0.3 is 10.1 Å². The molecule has 1 aromatic rings. The number of halogens is 2. The largest absolute Gasteiger partial charge is 0.379 e. The highest BCUT2D eigenvalue weighted by Crippen LogP contribution is 2.33. The number of carbonyl (C=O) groups is 1. The van der Waals surface area contributed by atoms with Gasteiger partial charge >= 0.3 is 0 Å². The number of hydrogen-bond donors (Lipinski definition) is 1. The summed E-state index contributed by atoms with van der Waals surface area (Å²) in [7, 11) is 0. The third kappa shape index (κ3) is 3.51. The van der Waals surface area contributed by atoms with Crippen molar-refractivity contribution in [3.05, 3.63) is 35.4 Å². The van der Waals surface area contributed by atoms with Gasteiger partial charge in [-0.1, -0.05) is 6.07 Å². The van der Waals surface area contributed by atoms with Crippen LogP contribution in [-0.2, 0) is 4.74 Å². The summed E-state index contributed by atoms with van der Waals surface area (Å²) < 4.78 is 32.8. The van der Waals surface area contributed by atoms with E-state index in [-0.39, 0.29) is 5.54 Å². The van der Waals surface area contributed by atoms with Gasteiger partial charge in [-0.2, -0.15) is 11.8 Å². The van der Waals surface area contributed by atoms with Gasteiger partial charge in [0.05, 0.1) is 13.2 Å². The van der Waals surface area contributed by atoms with E-state index in [1.807, 2.05) is 11.8 Å². The van der Waals surface area contributed by atoms with Gasteiger partial charge in [0.25, 0.3) is 5.91 Å². The van der Waals surface area contributed by atoms with Crippen LogP contribution in [0.15, 0.2) is 18.2 Å². The Morgan fingerprint density at radius 3 is 2.61 bits per heavy atom.